The van der Waals surface area contributed by atoms with Crippen molar-refractivity contribution in [2.45, 2.75) is 12.8 Å². The molecule has 0 bridgehead atoms. The van der Waals surface area contributed by atoms with E-state index in [-0.39, 0.29) is 18.5 Å². The van der Waals surface area contributed by atoms with Crippen LogP contribution in [0.15, 0.2) is 42.5 Å². The van der Waals surface area contributed by atoms with Crippen LogP contribution in [0.3, 0.4) is 0 Å². The monoisotopic (exact) mass is 315 g/mol. The molecule has 1 amide bonds. The van der Waals surface area contributed by atoms with Crippen LogP contribution in [0.2, 0.25) is 0 Å². The third kappa shape index (κ3) is 4.98. The number of methoxy groups -OCH3 is 1. The molecule has 23 heavy (non-hydrogen) atoms. The number of carbonyl (C=O) groups excluding carboxylic acids is 2. The van der Waals surface area contributed by atoms with Crippen LogP contribution in [-0.2, 0) is 14.3 Å². The molecule has 122 valence electrons. The molecule has 0 radical (unpaired) electrons. The summed E-state index contributed by atoms with van der Waals surface area (Å²) in [7, 11) is 3.05. The van der Waals surface area contributed by atoms with Crippen LogP contribution >= 0.6 is 0 Å². The van der Waals surface area contributed by atoms with Crippen molar-refractivity contribution in [2.24, 2.45) is 0 Å². The molecule has 5 nitrogen and oxygen atoms in total. The topological polar surface area (TPSA) is 55.8 Å². The number of fused-ring (bicyclic) bond motifs is 1. The van der Waals surface area contributed by atoms with Gasteiger partial charge in [0.25, 0.3) is 5.91 Å². The predicted octanol–water partition coefficient (Wildman–Crippen LogP) is 2.63. The van der Waals surface area contributed by atoms with Gasteiger partial charge in [0.2, 0.25) is 0 Å². The lowest BCUT2D eigenvalue weighted by atomic mass is 10.1. The summed E-state index contributed by atoms with van der Waals surface area (Å²) < 4.78 is 10.1. The van der Waals surface area contributed by atoms with Crippen molar-refractivity contribution in [3.05, 3.63) is 42.5 Å². The third-order valence-corrected chi connectivity index (χ3v) is 3.61. The van der Waals surface area contributed by atoms with Crippen molar-refractivity contribution in [2.75, 3.05) is 27.3 Å². The van der Waals surface area contributed by atoms with Gasteiger partial charge in [-0.05, 0) is 29.3 Å². The summed E-state index contributed by atoms with van der Waals surface area (Å²) >= 11 is 0. The molecule has 0 aliphatic rings. The highest BCUT2D eigenvalue weighted by molar-refractivity contribution is 5.84. The predicted molar refractivity (Wildman–Crippen MR) is 88.3 cm³/mol. The SMILES string of the molecule is COC(=O)CCCN(C)C(=O)COc1ccc2ccccc2c1. The normalized spacial score (nSPS) is 10.3. The van der Waals surface area contributed by atoms with E-state index in [1.165, 1.54) is 7.11 Å². The van der Waals surface area contributed by atoms with Crippen molar-refractivity contribution in [1.82, 2.24) is 4.90 Å². The van der Waals surface area contributed by atoms with E-state index in [1.807, 2.05) is 42.5 Å². The van der Waals surface area contributed by atoms with Crippen molar-refractivity contribution in [3.8, 4) is 5.75 Å². The molecule has 0 heterocycles. The van der Waals surface area contributed by atoms with E-state index in [0.29, 0.717) is 25.1 Å². The summed E-state index contributed by atoms with van der Waals surface area (Å²) in [5.74, 6) is 0.279. The minimum Gasteiger partial charge on any atom is -0.484 e. The summed E-state index contributed by atoms with van der Waals surface area (Å²) in [6.07, 6.45) is 0.880. The van der Waals surface area contributed by atoms with Gasteiger partial charge in [0, 0.05) is 20.0 Å². The van der Waals surface area contributed by atoms with Gasteiger partial charge in [-0.25, -0.2) is 0 Å². The van der Waals surface area contributed by atoms with Crippen LogP contribution < -0.4 is 4.74 Å². The van der Waals surface area contributed by atoms with Gasteiger partial charge < -0.3 is 14.4 Å². The Bertz CT molecular complexity index is 684. The molecular weight excluding hydrogens is 294 g/mol. The molecule has 0 saturated carbocycles. The van der Waals surface area contributed by atoms with E-state index in [1.54, 1.807) is 11.9 Å². The molecule has 2 aromatic carbocycles. The number of hydrogen-bond donors (Lipinski definition) is 0. The number of carbonyl (C=O) groups is 2. The van der Waals surface area contributed by atoms with Gasteiger partial charge in [-0.1, -0.05) is 30.3 Å². The van der Waals surface area contributed by atoms with E-state index >= 15 is 0 Å². The highest BCUT2D eigenvalue weighted by Gasteiger charge is 2.10. The minimum absolute atomic E-state index is 0.0208. The fourth-order valence-electron chi connectivity index (χ4n) is 2.20. The maximum Gasteiger partial charge on any atom is 0.305 e. The summed E-state index contributed by atoms with van der Waals surface area (Å²) in [6, 6.07) is 13.7. The lowest BCUT2D eigenvalue weighted by Gasteiger charge is -2.17. The van der Waals surface area contributed by atoms with E-state index in [9.17, 15) is 9.59 Å². The average Bonchev–Trinajstić information content (AvgIpc) is 2.59. The van der Waals surface area contributed by atoms with Gasteiger partial charge in [0.1, 0.15) is 5.75 Å². The molecular formula is C18H21NO4. The summed E-state index contributed by atoms with van der Waals surface area (Å²) in [5.41, 5.74) is 0. The quantitative estimate of drug-likeness (QED) is 0.737. The highest BCUT2D eigenvalue weighted by atomic mass is 16.5. The van der Waals surface area contributed by atoms with Crippen LogP contribution in [0.1, 0.15) is 12.8 Å². The Hall–Kier alpha value is -2.56. The Balaban J connectivity index is 1.81. The Morgan fingerprint density at radius 3 is 2.57 bits per heavy atom. The Morgan fingerprint density at radius 1 is 1.09 bits per heavy atom. The van der Waals surface area contributed by atoms with Crippen molar-refractivity contribution < 1.29 is 19.1 Å². The van der Waals surface area contributed by atoms with Crippen molar-refractivity contribution >= 4 is 22.6 Å². The lowest BCUT2D eigenvalue weighted by Crippen LogP contribution is -2.32. The maximum absolute atomic E-state index is 12.0. The molecule has 0 N–H and O–H groups in total. The molecule has 0 saturated heterocycles. The molecule has 2 aromatic rings. The average molecular weight is 315 g/mol. The number of rotatable bonds is 7. The minimum atomic E-state index is -0.265. The molecule has 5 heteroatoms. The number of amides is 1. The fraction of sp³-hybridized carbons (Fsp3) is 0.333. The molecule has 0 aliphatic heterocycles. The third-order valence-electron chi connectivity index (χ3n) is 3.61. The Kier molecular flexibility index (Phi) is 5.97. The van der Waals surface area contributed by atoms with Gasteiger partial charge >= 0.3 is 5.97 Å². The lowest BCUT2D eigenvalue weighted by molar-refractivity contribution is -0.141. The number of esters is 1. The first-order valence-corrected chi connectivity index (χ1v) is 7.52. The standard InChI is InChI=1S/C18H21NO4/c1-19(11-5-8-18(21)22-2)17(20)13-23-16-10-9-14-6-3-4-7-15(14)12-16/h3-4,6-7,9-10,12H,5,8,11,13H2,1-2H3. The smallest absolute Gasteiger partial charge is 0.305 e. The zero-order chi connectivity index (χ0) is 16.7. The molecule has 0 atom stereocenters. The van der Waals surface area contributed by atoms with E-state index in [4.69, 9.17) is 4.74 Å². The van der Waals surface area contributed by atoms with Gasteiger partial charge in [-0.3, -0.25) is 9.59 Å². The zero-order valence-corrected chi connectivity index (χ0v) is 13.5. The molecule has 0 aliphatic carbocycles. The number of hydrogen-bond acceptors (Lipinski definition) is 4. The van der Waals surface area contributed by atoms with Crippen LogP contribution in [0, 0.1) is 0 Å². The molecule has 0 fully saturated rings. The second-order valence-corrected chi connectivity index (χ2v) is 5.29. The molecule has 0 unspecified atom stereocenters. The number of likely N-dealkylation sites (N-methyl/N-ethyl adjacent to an activating group) is 1. The van der Waals surface area contributed by atoms with Crippen molar-refractivity contribution in [3.63, 3.8) is 0 Å². The Morgan fingerprint density at radius 2 is 1.83 bits per heavy atom. The first-order valence-electron chi connectivity index (χ1n) is 7.52. The largest absolute Gasteiger partial charge is 0.484 e. The van der Waals surface area contributed by atoms with E-state index < -0.39 is 0 Å². The van der Waals surface area contributed by atoms with Gasteiger partial charge in [0.15, 0.2) is 6.61 Å². The number of benzene rings is 2. The second kappa shape index (κ2) is 8.17. The van der Waals surface area contributed by atoms with Crippen LogP contribution in [0.5, 0.6) is 5.75 Å². The van der Waals surface area contributed by atoms with Crippen molar-refractivity contribution in [1.29, 1.82) is 0 Å². The summed E-state index contributed by atoms with van der Waals surface area (Å²) in [5, 5.41) is 2.20. The Labute approximate surface area is 135 Å². The van der Waals surface area contributed by atoms with Crippen LogP contribution in [0.25, 0.3) is 10.8 Å². The number of nitrogens with zero attached hydrogens (tertiary/aromatic N) is 1. The summed E-state index contributed by atoms with van der Waals surface area (Å²) in [6.45, 7) is 0.474. The molecule has 0 aromatic heterocycles. The highest BCUT2D eigenvalue weighted by Crippen LogP contribution is 2.20. The molecule has 2 rings (SSSR count). The zero-order valence-electron chi connectivity index (χ0n) is 13.5. The fourth-order valence-corrected chi connectivity index (χ4v) is 2.20. The van der Waals surface area contributed by atoms with Gasteiger partial charge in [-0.2, -0.15) is 0 Å². The number of ether oxygens (including phenoxy) is 2. The first kappa shape index (κ1) is 16.8. The summed E-state index contributed by atoms with van der Waals surface area (Å²) in [4.78, 5) is 24.6. The van der Waals surface area contributed by atoms with Gasteiger partial charge in [0.05, 0.1) is 7.11 Å². The van der Waals surface area contributed by atoms with E-state index in [2.05, 4.69) is 4.74 Å². The molecule has 0 spiro atoms. The first-order chi connectivity index (χ1) is 11.1. The van der Waals surface area contributed by atoms with Gasteiger partial charge in [-0.15, -0.1) is 0 Å². The van der Waals surface area contributed by atoms with Crippen LogP contribution in [0.4, 0.5) is 0 Å². The second-order valence-electron chi connectivity index (χ2n) is 5.29. The van der Waals surface area contributed by atoms with E-state index in [0.717, 1.165) is 10.8 Å². The van der Waals surface area contributed by atoms with Crippen LogP contribution in [-0.4, -0.2) is 44.1 Å². The maximum atomic E-state index is 12.0.